The van der Waals surface area contributed by atoms with E-state index < -0.39 is 5.54 Å². The molecular weight excluding hydrogens is 385 g/mol. The summed E-state index contributed by atoms with van der Waals surface area (Å²) in [6, 6.07) is 8.38. The van der Waals surface area contributed by atoms with Crippen LogP contribution in [0.1, 0.15) is 47.5 Å². The van der Waals surface area contributed by atoms with Crippen molar-refractivity contribution in [1.82, 2.24) is 24.8 Å². The van der Waals surface area contributed by atoms with Gasteiger partial charge in [-0.15, -0.1) is 0 Å². The van der Waals surface area contributed by atoms with Crippen molar-refractivity contribution in [3.8, 4) is 0 Å². The molecule has 0 saturated carbocycles. The summed E-state index contributed by atoms with van der Waals surface area (Å²) in [6.07, 6.45) is 7.67. The molecule has 8 heteroatoms. The van der Waals surface area contributed by atoms with Crippen molar-refractivity contribution in [3.63, 3.8) is 0 Å². The lowest BCUT2D eigenvalue weighted by atomic mass is 9.78. The molecule has 2 saturated heterocycles. The fourth-order valence-electron chi connectivity index (χ4n) is 4.88. The van der Waals surface area contributed by atoms with E-state index in [1.807, 2.05) is 0 Å². The van der Waals surface area contributed by atoms with Crippen molar-refractivity contribution in [1.29, 1.82) is 0 Å². The molecular formula is C22H22FN5O2. The maximum atomic E-state index is 14.7. The Labute approximate surface area is 172 Å². The Hall–Kier alpha value is -3.29. The number of hydrogen-bond acceptors (Lipinski definition) is 4. The summed E-state index contributed by atoms with van der Waals surface area (Å²) in [7, 11) is 0. The first-order valence-corrected chi connectivity index (χ1v) is 10.2. The molecule has 7 nitrogen and oxygen atoms in total. The van der Waals surface area contributed by atoms with Crippen molar-refractivity contribution < 1.29 is 14.0 Å². The number of nitrogens with one attached hydrogen (secondary N) is 1. The van der Waals surface area contributed by atoms with Crippen LogP contribution < -0.4 is 5.32 Å². The SMILES string of the molecule is O=C1CCCC[C@]2(CN(C(=O)c3cnn4cccnc34)C[C@H]2c2ccccc2F)N1. The molecule has 0 aliphatic carbocycles. The van der Waals surface area contributed by atoms with Crippen LogP contribution in [0, 0.1) is 5.82 Å². The second-order valence-corrected chi connectivity index (χ2v) is 8.12. The van der Waals surface area contributed by atoms with Crippen molar-refractivity contribution in [2.75, 3.05) is 13.1 Å². The molecule has 1 spiro atoms. The molecule has 2 aliphatic rings. The number of likely N-dealkylation sites (tertiary alicyclic amines) is 1. The van der Waals surface area contributed by atoms with Crippen molar-refractivity contribution in [2.45, 2.75) is 37.1 Å². The van der Waals surface area contributed by atoms with Gasteiger partial charge < -0.3 is 10.2 Å². The fourth-order valence-corrected chi connectivity index (χ4v) is 4.88. The first-order chi connectivity index (χ1) is 14.6. The van der Waals surface area contributed by atoms with E-state index in [9.17, 15) is 14.0 Å². The van der Waals surface area contributed by atoms with E-state index in [0.717, 1.165) is 12.8 Å². The standard InChI is InChI=1S/C22H22FN5O2/c23-18-7-2-1-6-15(18)17-13-27(14-22(17)9-4-3-8-19(29)26-22)21(30)16-12-25-28-11-5-10-24-20(16)28/h1-2,5-7,10-12,17H,3-4,8-9,13-14H2,(H,26,29)/t17-,22+/m0/s1. The third-order valence-corrected chi connectivity index (χ3v) is 6.29. The fraction of sp³-hybridized carbons (Fsp3) is 0.364. The van der Waals surface area contributed by atoms with Gasteiger partial charge in [0, 0.05) is 37.8 Å². The average molecular weight is 407 g/mol. The first kappa shape index (κ1) is 18.7. The summed E-state index contributed by atoms with van der Waals surface area (Å²) in [6.45, 7) is 0.658. The van der Waals surface area contributed by atoms with E-state index in [-0.39, 0.29) is 23.5 Å². The normalized spacial score (nSPS) is 24.2. The van der Waals surface area contributed by atoms with Gasteiger partial charge in [0.2, 0.25) is 5.91 Å². The zero-order chi connectivity index (χ0) is 20.7. The minimum Gasteiger partial charge on any atom is -0.348 e. The molecule has 2 atom stereocenters. The van der Waals surface area contributed by atoms with E-state index in [0.29, 0.717) is 42.7 Å². The van der Waals surface area contributed by atoms with Crippen LogP contribution in [0.4, 0.5) is 4.39 Å². The highest BCUT2D eigenvalue weighted by molar-refractivity contribution is 6.00. The maximum Gasteiger partial charge on any atom is 0.259 e. The largest absolute Gasteiger partial charge is 0.348 e. The number of carbonyl (C=O) groups is 2. The Morgan fingerprint density at radius 1 is 1.23 bits per heavy atom. The zero-order valence-electron chi connectivity index (χ0n) is 16.4. The number of amides is 2. The highest BCUT2D eigenvalue weighted by Gasteiger charge is 2.50. The molecule has 1 aromatic carbocycles. The molecule has 0 bridgehead atoms. The van der Waals surface area contributed by atoms with Crippen LogP contribution in [0.15, 0.2) is 48.9 Å². The molecule has 154 valence electrons. The van der Waals surface area contributed by atoms with Gasteiger partial charge in [0.1, 0.15) is 11.4 Å². The third kappa shape index (κ3) is 3.03. The molecule has 2 fully saturated rings. The lowest BCUT2D eigenvalue weighted by Crippen LogP contribution is -2.53. The van der Waals surface area contributed by atoms with Gasteiger partial charge in [-0.05, 0) is 30.5 Å². The third-order valence-electron chi connectivity index (χ3n) is 6.29. The molecule has 0 unspecified atom stereocenters. The number of rotatable bonds is 2. The Bertz CT molecular complexity index is 1130. The van der Waals surface area contributed by atoms with Gasteiger partial charge in [-0.25, -0.2) is 13.9 Å². The molecule has 3 aromatic rings. The monoisotopic (exact) mass is 407 g/mol. The highest BCUT2D eigenvalue weighted by atomic mass is 19.1. The topological polar surface area (TPSA) is 79.6 Å². The van der Waals surface area contributed by atoms with Gasteiger partial charge in [0.05, 0.1) is 11.7 Å². The van der Waals surface area contributed by atoms with Gasteiger partial charge in [-0.1, -0.05) is 24.6 Å². The Kier molecular flexibility index (Phi) is 4.49. The molecule has 4 heterocycles. The number of benzene rings is 1. The van der Waals surface area contributed by atoms with Gasteiger partial charge in [0.15, 0.2) is 5.65 Å². The quantitative estimate of drug-likeness (QED) is 0.708. The second-order valence-electron chi connectivity index (χ2n) is 8.12. The van der Waals surface area contributed by atoms with Crippen LogP contribution in [0.3, 0.4) is 0 Å². The van der Waals surface area contributed by atoms with E-state index >= 15 is 0 Å². The number of nitrogens with zero attached hydrogens (tertiary/aromatic N) is 4. The number of fused-ring (bicyclic) bond motifs is 1. The lowest BCUT2D eigenvalue weighted by Gasteiger charge is -2.34. The predicted octanol–water partition coefficient (Wildman–Crippen LogP) is 2.54. The number of aromatic nitrogens is 3. The van der Waals surface area contributed by atoms with Crippen LogP contribution in [0.25, 0.3) is 5.65 Å². The molecule has 1 N–H and O–H groups in total. The molecule has 30 heavy (non-hydrogen) atoms. The minimum atomic E-state index is -0.679. The van der Waals surface area contributed by atoms with Crippen molar-refractivity contribution >= 4 is 17.5 Å². The van der Waals surface area contributed by atoms with Crippen molar-refractivity contribution in [2.24, 2.45) is 0 Å². The van der Waals surface area contributed by atoms with Gasteiger partial charge in [0.25, 0.3) is 5.91 Å². The Morgan fingerprint density at radius 3 is 2.97 bits per heavy atom. The number of carbonyl (C=O) groups excluding carboxylic acids is 2. The smallest absolute Gasteiger partial charge is 0.259 e. The summed E-state index contributed by atoms with van der Waals surface area (Å²) in [5.41, 5.74) is 0.741. The van der Waals surface area contributed by atoms with E-state index in [1.54, 1.807) is 46.1 Å². The first-order valence-electron chi connectivity index (χ1n) is 10.2. The second kappa shape index (κ2) is 7.19. The summed E-state index contributed by atoms with van der Waals surface area (Å²) in [4.78, 5) is 31.8. The summed E-state index contributed by atoms with van der Waals surface area (Å²) < 4.78 is 16.3. The van der Waals surface area contributed by atoms with Gasteiger partial charge >= 0.3 is 0 Å². The lowest BCUT2D eigenvalue weighted by molar-refractivity contribution is -0.122. The number of halogens is 1. The Morgan fingerprint density at radius 2 is 2.10 bits per heavy atom. The summed E-state index contributed by atoms with van der Waals surface area (Å²) in [5, 5.41) is 7.37. The molecule has 2 amide bonds. The highest BCUT2D eigenvalue weighted by Crippen LogP contribution is 2.42. The van der Waals surface area contributed by atoms with E-state index in [2.05, 4.69) is 15.4 Å². The van der Waals surface area contributed by atoms with E-state index in [4.69, 9.17) is 0 Å². The van der Waals surface area contributed by atoms with Crippen LogP contribution in [-0.2, 0) is 4.79 Å². The maximum absolute atomic E-state index is 14.7. The average Bonchev–Trinajstić information content (AvgIpc) is 3.27. The van der Waals surface area contributed by atoms with Crippen LogP contribution in [0.2, 0.25) is 0 Å². The summed E-state index contributed by atoms with van der Waals surface area (Å²) >= 11 is 0. The van der Waals surface area contributed by atoms with Crippen LogP contribution >= 0.6 is 0 Å². The summed E-state index contributed by atoms with van der Waals surface area (Å²) in [5.74, 6) is -0.881. The van der Waals surface area contributed by atoms with Crippen molar-refractivity contribution in [3.05, 3.63) is 65.9 Å². The molecule has 2 aliphatic heterocycles. The molecule has 5 rings (SSSR count). The number of hydrogen-bond donors (Lipinski definition) is 1. The zero-order valence-corrected chi connectivity index (χ0v) is 16.4. The van der Waals surface area contributed by atoms with Crippen LogP contribution in [-0.4, -0.2) is 49.9 Å². The van der Waals surface area contributed by atoms with E-state index in [1.165, 1.54) is 12.3 Å². The predicted molar refractivity (Wildman–Crippen MR) is 107 cm³/mol. The van der Waals surface area contributed by atoms with Gasteiger partial charge in [-0.2, -0.15) is 5.10 Å². The minimum absolute atomic E-state index is 0.0409. The van der Waals surface area contributed by atoms with Gasteiger partial charge in [-0.3, -0.25) is 9.59 Å². The molecule has 0 radical (unpaired) electrons. The molecule has 2 aromatic heterocycles. The Balaban J connectivity index is 1.54. The van der Waals surface area contributed by atoms with Crippen LogP contribution in [0.5, 0.6) is 0 Å².